The van der Waals surface area contributed by atoms with Crippen LogP contribution in [0.15, 0.2) is 24.3 Å². The third-order valence-corrected chi connectivity index (χ3v) is 3.06. The van der Waals surface area contributed by atoms with E-state index < -0.39 is 0 Å². The SMILES string of the molecule is Cn1nc(CC(=O)CCCCl)c2ccccc21. The molecule has 0 spiro atoms. The maximum atomic E-state index is 11.7. The number of ketones is 1. The maximum absolute atomic E-state index is 11.7. The number of fused-ring (bicyclic) bond motifs is 1. The molecule has 0 radical (unpaired) electrons. The number of halogens is 1. The lowest BCUT2D eigenvalue weighted by atomic mass is 10.1. The molecule has 2 aromatic rings. The van der Waals surface area contributed by atoms with Crippen molar-refractivity contribution in [3.63, 3.8) is 0 Å². The molecular formula is C13H15ClN2O. The normalized spacial score (nSPS) is 10.9. The van der Waals surface area contributed by atoms with Crippen molar-refractivity contribution in [3.05, 3.63) is 30.0 Å². The molecule has 0 saturated heterocycles. The monoisotopic (exact) mass is 250 g/mol. The zero-order chi connectivity index (χ0) is 12.3. The number of alkyl halides is 1. The molecule has 2 rings (SSSR count). The summed E-state index contributed by atoms with van der Waals surface area (Å²) in [5.74, 6) is 0.740. The minimum absolute atomic E-state index is 0.203. The molecule has 0 aliphatic rings. The Bertz CT molecular complexity index is 533. The molecule has 4 heteroatoms. The van der Waals surface area contributed by atoms with Gasteiger partial charge in [0.1, 0.15) is 5.78 Å². The second kappa shape index (κ2) is 5.32. The number of hydrogen-bond donors (Lipinski definition) is 0. The van der Waals surface area contributed by atoms with Gasteiger partial charge in [-0.2, -0.15) is 5.10 Å². The first-order valence-corrected chi connectivity index (χ1v) is 6.24. The molecule has 17 heavy (non-hydrogen) atoms. The van der Waals surface area contributed by atoms with Gasteiger partial charge in [0.05, 0.1) is 17.6 Å². The number of carbonyl (C=O) groups is 1. The summed E-state index contributed by atoms with van der Waals surface area (Å²) in [6, 6.07) is 7.96. The number of carbonyl (C=O) groups excluding carboxylic acids is 1. The second-order valence-corrected chi connectivity index (χ2v) is 4.47. The van der Waals surface area contributed by atoms with Crippen LogP contribution in [0.3, 0.4) is 0 Å². The Balaban J connectivity index is 2.21. The van der Waals surface area contributed by atoms with Gasteiger partial charge in [0.2, 0.25) is 0 Å². The molecule has 1 aromatic heterocycles. The van der Waals surface area contributed by atoms with Crippen molar-refractivity contribution in [2.45, 2.75) is 19.3 Å². The Morgan fingerprint density at radius 3 is 2.94 bits per heavy atom. The van der Waals surface area contributed by atoms with Crippen LogP contribution in [-0.4, -0.2) is 21.4 Å². The highest BCUT2D eigenvalue weighted by Crippen LogP contribution is 2.18. The van der Waals surface area contributed by atoms with Crippen LogP contribution in [0.4, 0.5) is 0 Å². The molecule has 0 bridgehead atoms. The molecular weight excluding hydrogens is 236 g/mol. The van der Waals surface area contributed by atoms with E-state index in [1.54, 1.807) is 0 Å². The van der Waals surface area contributed by atoms with Crippen molar-refractivity contribution >= 4 is 28.3 Å². The summed E-state index contributed by atoms with van der Waals surface area (Å²) >= 11 is 5.58. The van der Waals surface area contributed by atoms with Crippen molar-refractivity contribution in [1.29, 1.82) is 0 Å². The van der Waals surface area contributed by atoms with Gasteiger partial charge in [-0.15, -0.1) is 11.6 Å². The fourth-order valence-electron chi connectivity index (χ4n) is 1.96. The molecule has 0 fully saturated rings. The number of aryl methyl sites for hydroxylation is 1. The minimum atomic E-state index is 0.203. The van der Waals surface area contributed by atoms with E-state index in [1.165, 1.54) is 0 Å². The standard InChI is InChI=1S/C13H15ClN2O/c1-16-13-7-3-2-6-11(13)12(15-16)9-10(17)5-4-8-14/h2-3,6-7H,4-5,8-9H2,1H3. The maximum Gasteiger partial charge on any atom is 0.138 e. The van der Waals surface area contributed by atoms with Gasteiger partial charge >= 0.3 is 0 Å². The Labute approximate surface area is 105 Å². The van der Waals surface area contributed by atoms with Gasteiger partial charge in [0.15, 0.2) is 0 Å². The summed E-state index contributed by atoms with van der Waals surface area (Å²) in [4.78, 5) is 11.7. The first kappa shape index (κ1) is 12.1. The number of nitrogens with zero attached hydrogens (tertiary/aromatic N) is 2. The van der Waals surface area contributed by atoms with Crippen LogP contribution < -0.4 is 0 Å². The first-order valence-electron chi connectivity index (χ1n) is 5.70. The Kier molecular flexibility index (Phi) is 3.79. The fourth-order valence-corrected chi connectivity index (χ4v) is 2.09. The predicted molar refractivity (Wildman–Crippen MR) is 69.4 cm³/mol. The van der Waals surface area contributed by atoms with E-state index in [0.717, 1.165) is 23.0 Å². The molecule has 0 N–H and O–H groups in total. The van der Waals surface area contributed by atoms with Crippen molar-refractivity contribution < 1.29 is 4.79 Å². The lowest BCUT2D eigenvalue weighted by Gasteiger charge is -1.97. The van der Waals surface area contributed by atoms with Crippen molar-refractivity contribution in [1.82, 2.24) is 9.78 Å². The Hall–Kier alpha value is -1.35. The van der Waals surface area contributed by atoms with Gasteiger partial charge in [-0.3, -0.25) is 9.48 Å². The number of para-hydroxylation sites is 1. The van der Waals surface area contributed by atoms with Crippen LogP contribution in [0.25, 0.3) is 10.9 Å². The topological polar surface area (TPSA) is 34.9 Å². The average Bonchev–Trinajstić information content (AvgIpc) is 2.65. The van der Waals surface area contributed by atoms with E-state index in [9.17, 15) is 4.79 Å². The van der Waals surface area contributed by atoms with Crippen LogP contribution in [-0.2, 0) is 18.3 Å². The molecule has 0 atom stereocenters. The van der Waals surface area contributed by atoms with E-state index >= 15 is 0 Å². The molecule has 0 aliphatic carbocycles. The first-order chi connectivity index (χ1) is 8.22. The quantitative estimate of drug-likeness (QED) is 0.765. The van der Waals surface area contributed by atoms with Gasteiger partial charge in [0.25, 0.3) is 0 Å². The highest BCUT2D eigenvalue weighted by Gasteiger charge is 2.11. The van der Waals surface area contributed by atoms with E-state index in [-0.39, 0.29) is 5.78 Å². The highest BCUT2D eigenvalue weighted by molar-refractivity contribution is 6.17. The lowest BCUT2D eigenvalue weighted by molar-refractivity contribution is -0.118. The molecule has 1 heterocycles. The Morgan fingerprint density at radius 2 is 2.18 bits per heavy atom. The molecule has 3 nitrogen and oxygen atoms in total. The van der Waals surface area contributed by atoms with Crippen molar-refractivity contribution in [2.24, 2.45) is 7.05 Å². The fraction of sp³-hybridized carbons (Fsp3) is 0.385. The zero-order valence-corrected chi connectivity index (χ0v) is 10.6. The molecule has 1 aromatic carbocycles. The summed E-state index contributed by atoms with van der Waals surface area (Å²) in [5.41, 5.74) is 1.93. The third kappa shape index (κ3) is 2.67. The number of rotatable bonds is 5. The third-order valence-electron chi connectivity index (χ3n) is 2.79. The van der Waals surface area contributed by atoms with Gasteiger partial charge in [-0.05, 0) is 12.5 Å². The Morgan fingerprint density at radius 1 is 1.41 bits per heavy atom. The van der Waals surface area contributed by atoms with Crippen molar-refractivity contribution in [2.75, 3.05) is 5.88 Å². The van der Waals surface area contributed by atoms with Crippen LogP contribution in [0.1, 0.15) is 18.5 Å². The van der Waals surface area contributed by atoms with E-state index in [4.69, 9.17) is 11.6 Å². The molecule has 0 amide bonds. The van der Waals surface area contributed by atoms with Gasteiger partial charge in [-0.1, -0.05) is 18.2 Å². The van der Waals surface area contributed by atoms with Gasteiger partial charge in [0, 0.05) is 24.7 Å². The van der Waals surface area contributed by atoms with Crippen LogP contribution in [0.5, 0.6) is 0 Å². The van der Waals surface area contributed by atoms with Crippen LogP contribution in [0.2, 0.25) is 0 Å². The summed E-state index contributed by atoms with van der Waals surface area (Å²) in [6.07, 6.45) is 1.68. The number of aromatic nitrogens is 2. The van der Waals surface area contributed by atoms with E-state index in [0.29, 0.717) is 18.7 Å². The smallest absolute Gasteiger partial charge is 0.138 e. The number of Topliss-reactive ketones (excluding diaryl/α,β-unsaturated/α-hetero) is 1. The molecule has 0 unspecified atom stereocenters. The summed E-state index contributed by atoms with van der Waals surface area (Å²) in [6.45, 7) is 0. The van der Waals surface area contributed by atoms with Crippen LogP contribution in [0, 0.1) is 0 Å². The van der Waals surface area contributed by atoms with Crippen LogP contribution >= 0.6 is 11.6 Å². The van der Waals surface area contributed by atoms with E-state index in [2.05, 4.69) is 5.10 Å². The number of benzene rings is 1. The second-order valence-electron chi connectivity index (χ2n) is 4.10. The van der Waals surface area contributed by atoms with Crippen molar-refractivity contribution in [3.8, 4) is 0 Å². The molecule has 0 saturated carbocycles. The summed E-state index contributed by atoms with van der Waals surface area (Å²) in [5, 5.41) is 5.46. The minimum Gasteiger partial charge on any atom is -0.299 e. The number of hydrogen-bond acceptors (Lipinski definition) is 2. The largest absolute Gasteiger partial charge is 0.299 e. The predicted octanol–water partition coefficient (Wildman–Crippen LogP) is 2.70. The average molecular weight is 251 g/mol. The van der Waals surface area contributed by atoms with Gasteiger partial charge in [-0.25, -0.2) is 0 Å². The van der Waals surface area contributed by atoms with Gasteiger partial charge < -0.3 is 0 Å². The highest BCUT2D eigenvalue weighted by atomic mass is 35.5. The molecule has 0 aliphatic heterocycles. The summed E-state index contributed by atoms with van der Waals surface area (Å²) in [7, 11) is 1.90. The van der Waals surface area contributed by atoms with E-state index in [1.807, 2.05) is 36.0 Å². The summed E-state index contributed by atoms with van der Waals surface area (Å²) < 4.78 is 1.82. The zero-order valence-electron chi connectivity index (χ0n) is 9.82. The molecule has 90 valence electrons. The lowest BCUT2D eigenvalue weighted by Crippen LogP contribution is -2.04.